The highest BCUT2D eigenvalue weighted by Crippen LogP contribution is 2.29. The molecule has 2 amide bonds. The van der Waals surface area contributed by atoms with Gasteiger partial charge in [-0.2, -0.15) is 0 Å². The second-order valence-electron chi connectivity index (χ2n) is 5.63. The van der Waals surface area contributed by atoms with Gasteiger partial charge in [-0.1, -0.05) is 0 Å². The van der Waals surface area contributed by atoms with Crippen LogP contribution < -0.4 is 19.7 Å². The average Bonchev–Trinajstić information content (AvgIpc) is 2.64. The lowest BCUT2D eigenvalue weighted by atomic mass is 10.2. The Bertz CT molecular complexity index is 842. The maximum absolute atomic E-state index is 13.4. The molecule has 0 fully saturated rings. The molecule has 8 heteroatoms. The molecule has 0 aromatic heterocycles. The minimum absolute atomic E-state index is 0.00147. The van der Waals surface area contributed by atoms with Crippen molar-refractivity contribution < 1.29 is 27.8 Å². The third kappa shape index (κ3) is 5.16. The van der Waals surface area contributed by atoms with Gasteiger partial charge in [0.25, 0.3) is 0 Å². The van der Waals surface area contributed by atoms with Crippen molar-refractivity contribution in [1.29, 1.82) is 0 Å². The van der Waals surface area contributed by atoms with Crippen molar-refractivity contribution in [3.63, 3.8) is 0 Å². The lowest BCUT2D eigenvalue weighted by Gasteiger charge is -2.21. The molecule has 6 nitrogen and oxygen atoms in total. The summed E-state index contributed by atoms with van der Waals surface area (Å²) in [4.78, 5) is 25.3. The topological polar surface area (TPSA) is 67.9 Å². The number of rotatable bonds is 7. The van der Waals surface area contributed by atoms with Gasteiger partial charge >= 0.3 is 0 Å². The van der Waals surface area contributed by atoms with Crippen LogP contribution in [-0.2, 0) is 9.59 Å². The Labute approximate surface area is 155 Å². The molecule has 144 valence electrons. The summed E-state index contributed by atoms with van der Waals surface area (Å²) in [5.41, 5.74) is 0.595. The maximum Gasteiger partial charge on any atom is 0.226 e. The summed E-state index contributed by atoms with van der Waals surface area (Å²) in [5.74, 6) is -1.86. The van der Waals surface area contributed by atoms with Crippen LogP contribution in [0.3, 0.4) is 0 Å². The Morgan fingerprint density at radius 3 is 2.37 bits per heavy atom. The first-order chi connectivity index (χ1) is 12.8. The van der Waals surface area contributed by atoms with Gasteiger partial charge in [0.05, 0.1) is 19.9 Å². The van der Waals surface area contributed by atoms with Crippen LogP contribution in [0.25, 0.3) is 0 Å². The number of amides is 2. The van der Waals surface area contributed by atoms with Crippen molar-refractivity contribution in [2.75, 3.05) is 31.0 Å². The SMILES string of the molecule is COc1ccc(OC)c(NC(=O)CCN(C(C)=O)c2ccc(F)c(F)c2)c1. The Morgan fingerprint density at radius 1 is 1.04 bits per heavy atom. The zero-order valence-corrected chi connectivity index (χ0v) is 15.2. The molecule has 2 rings (SSSR count). The molecule has 0 radical (unpaired) electrons. The number of methoxy groups -OCH3 is 2. The van der Waals surface area contributed by atoms with E-state index in [9.17, 15) is 18.4 Å². The number of nitrogens with zero attached hydrogens (tertiary/aromatic N) is 1. The third-order valence-corrected chi connectivity index (χ3v) is 3.84. The summed E-state index contributed by atoms with van der Waals surface area (Å²) >= 11 is 0. The van der Waals surface area contributed by atoms with Gasteiger partial charge in [0, 0.05) is 37.7 Å². The fourth-order valence-electron chi connectivity index (χ4n) is 2.46. The van der Waals surface area contributed by atoms with Gasteiger partial charge in [0.1, 0.15) is 11.5 Å². The van der Waals surface area contributed by atoms with Crippen LogP contribution in [0.4, 0.5) is 20.2 Å². The minimum atomic E-state index is -1.07. The van der Waals surface area contributed by atoms with E-state index in [2.05, 4.69) is 5.32 Å². The van der Waals surface area contributed by atoms with Gasteiger partial charge in [-0.15, -0.1) is 0 Å². The summed E-state index contributed by atoms with van der Waals surface area (Å²) in [5, 5.41) is 2.69. The smallest absolute Gasteiger partial charge is 0.226 e. The summed E-state index contributed by atoms with van der Waals surface area (Å²) in [6.45, 7) is 1.28. The predicted molar refractivity (Wildman–Crippen MR) is 97.2 cm³/mol. The van der Waals surface area contributed by atoms with Crippen molar-refractivity contribution in [3.8, 4) is 11.5 Å². The first kappa shape index (κ1) is 20.2. The summed E-state index contributed by atoms with van der Waals surface area (Å²) < 4.78 is 36.8. The number of hydrogen-bond acceptors (Lipinski definition) is 4. The number of carbonyl (C=O) groups is 2. The highest BCUT2D eigenvalue weighted by Gasteiger charge is 2.16. The molecule has 0 saturated carbocycles. The normalized spacial score (nSPS) is 10.3. The highest BCUT2D eigenvalue weighted by molar-refractivity contribution is 5.95. The van der Waals surface area contributed by atoms with Crippen molar-refractivity contribution in [1.82, 2.24) is 0 Å². The number of anilines is 2. The molecule has 0 unspecified atom stereocenters. The largest absolute Gasteiger partial charge is 0.497 e. The van der Waals surface area contributed by atoms with Crippen LogP contribution >= 0.6 is 0 Å². The number of ether oxygens (including phenoxy) is 2. The Morgan fingerprint density at radius 2 is 1.78 bits per heavy atom. The van der Waals surface area contributed by atoms with E-state index >= 15 is 0 Å². The minimum Gasteiger partial charge on any atom is -0.497 e. The highest BCUT2D eigenvalue weighted by atomic mass is 19.2. The van der Waals surface area contributed by atoms with E-state index in [1.165, 1.54) is 32.1 Å². The first-order valence-corrected chi connectivity index (χ1v) is 8.10. The second kappa shape index (κ2) is 8.98. The van der Waals surface area contributed by atoms with Gasteiger partial charge < -0.3 is 19.7 Å². The maximum atomic E-state index is 13.4. The van der Waals surface area contributed by atoms with E-state index < -0.39 is 17.5 Å². The number of carbonyl (C=O) groups excluding carboxylic acids is 2. The van der Waals surface area contributed by atoms with E-state index in [1.54, 1.807) is 18.2 Å². The zero-order chi connectivity index (χ0) is 20.0. The van der Waals surface area contributed by atoms with E-state index in [-0.39, 0.29) is 24.6 Å². The molecule has 0 atom stereocenters. The van der Waals surface area contributed by atoms with Crippen LogP contribution in [0.1, 0.15) is 13.3 Å². The fourth-order valence-corrected chi connectivity index (χ4v) is 2.46. The molecule has 2 aromatic carbocycles. The summed E-state index contributed by atoms with van der Waals surface area (Å²) in [6, 6.07) is 8.08. The molecule has 27 heavy (non-hydrogen) atoms. The molecule has 0 aliphatic heterocycles. The van der Waals surface area contributed by atoms with Crippen LogP contribution in [0.2, 0.25) is 0 Å². The number of hydrogen-bond donors (Lipinski definition) is 1. The molecule has 0 aliphatic rings. The van der Waals surface area contributed by atoms with E-state index in [1.807, 2.05) is 0 Å². The lowest BCUT2D eigenvalue weighted by molar-refractivity contribution is -0.117. The molecule has 0 bridgehead atoms. The average molecular weight is 378 g/mol. The van der Waals surface area contributed by atoms with Crippen molar-refractivity contribution in [3.05, 3.63) is 48.0 Å². The standard InChI is InChI=1S/C19H20F2N2O4/c1-12(24)23(13-4-6-15(20)16(21)10-13)9-8-19(25)22-17-11-14(26-2)5-7-18(17)27-3/h4-7,10-11H,8-9H2,1-3H3,(H,22,25). The number of halogens is 2. The van der Waals surface area contributed by atoms with Crippen molar-refractivity contribution >= 4 is 23.2 Å². The molecular weight excluding hydrogens is 358 g/mol. The summed E-state index contributed by atoms with van der Waals surface area (Å²) in [6.07, 6.45) is -0.0566. The first-order valence-electron chi connectivity index (χ1n) is 8.10. The monoisotopic (exact) mass is 378 g/mol. The number of benzene rings is 2. The Balaban J connectivity index is 2.08. The van der Waals surface area contributed by atoms with Gasteiger partial charge in [-0.3, -0.25) is 9.59 Å². The second-order valence-corrected chi connectivity index (χ2v) is 5.63. The molecule has 1 N–H and O–H groups in total. The van der Waals surface area contributed by atoms with Gasteiger partial charge in [-0.05, 0) is 24.3 Å². The van der Waals surface area contributed by atoms with Crippen LogP contribution in [0, 0.1) is 11.6 Å². The van der Waals surface area contributed by atoms with Crippen LogP contribution in [0.5, 0.6) is 11.5 Å². The molecule has 0 aliphatic carbocycles. The fraction of sp³-hybridized carbons (Fsp3) is 0.263. The third-order valence-electron chi connectivity index (χ3n) is 3.84. The van der Waals surface area contributed by atoms with E-state index in [0.717, 1.165) is 12.1 Å². The van der Waals surface area contributed by atoms with Crippen LogP contribution in [-0.4, -0.2) is 32.6 Å². The van der Waals surface area contributed by atoms with E-state index in [0.29, 0.717) is 17.2 Å². The van der Waals surface area contributed by atoms with Crippen molar-refractivity contribution in [2.24, 2.45) is 0 Å². The van der Waals surface area contributed by atoms with Crippen LogP contribution in [0.15, 0.2) is 36.4 Å². The van der Waals surface area contributed by atoms with Gasteiger partial charge in [0.15, 0.2) is 11.6 Å². The van der Waals surface area contributed by atoms with E-state index in [4.69, 9.17) is 9.47 Å². The molecule has 2 aromatic rings. The lowest BCUT2D eigenvalue weighted by Crippen LogP contribution is -2.32. The predicted octanol–water partition coefficient (Wildman–Crippen LogP) is 3.36. The molecule has 0 saturated heterocycles. The van der Waals surface area contributed by atoms with Gasteiger partial charge in [0.2, 0.25) is 11.8 Å². The molecule has 0 spiro atoms. The summed E-state index contributed by atoms with van der Waals surface area (Å²) in [7, 11) is 2.97. The number of nitrogens with one attached hydrogen (secondary N) is 1. The Hall–Kier alpha value is -3.16. The quantitative estimate of drug-likeness (QED) is 0.802. The zero-order valence-electron chi connectivity index (χ0n) is 15.2. The van der Waals surface area contributed by atoms with Gasteiger partial charge in [-0.25, -0.2) is 8.78 Å². The molecule has 0 heterocycles. The molecular formula is C19H20F2N2O4. The van der Waals surface area contributed by atoms with Crippen molar-refractivity contribution in [2.45, 2.75) is 13.3 Å². The Kier molecular flexibility index (Phi) is 6.70.